The molecule has 5 nitrogen and oxygen atoms in total. The normalized spacial score (nSPS) is 10.8. The number of rotatable bonds is 4. The van der Waals surface area contributed by atoms with Crippen LogP contribution < -0.4 is 5.32 Å². The van der Waals surface area contributed by atoms with Gasteiger partial charge in [0.15, 0.2) is 0 Å². The molecule has 0 saturated heterocycles. The summed E-state index contributed by atoms with van der Waals surface area (Å²) in [6.07, 6.45) is 3.20. The Kier molecular flexibility index (Phi) is 4.34. The lowest BCUT2D eigenvalue weighted by Gasteiger charge is -2.03. The molecule has 0 aromatic heterocycles. The summed E-state index contributed by atoms with van der Waals surface area (Å²) in [5.41, 5.74) is 1.44. The second-order valence-electron chi connectivity index (χ2n) is 5.19. The topological polar surface area (TPSA) is 72.2 Å². The summed E-state index contributed by atoms with van der Waals surface area (Å²) in [7, 11) is 0. The van der Waals surface area contributed by atoms with Crippen molar-refractivity contribution in [3.63, 3.8) is 0 Å². The van der Waals surface area contributed by atoms with Gasteiger partial charge in [-0.15, -0.1) is 0 Å². The molecule has 3 aromatic carbocycles. The van der Waals surface area contributed by atoms with E-state index in [1.54, 1.807) is 6.08 Å². The van der Waals surface area contributed by atoms with E-state index in [2.05, 4.69) is 5.32 Å². The molecule has 3 aromatic rings. The van der Waals surface area contributed by atoms with E-state index in [4.69, 9.17) is 0 Å². The first kappa shape index (κ1) is 15.4. The summed E-state index contributed by atoms with van der Waals surface area (Å²) in [4.78, 5) is 22.1. The second-order valence-corrected chi connectivity index (χ2v) is 5.19. The van der Waals surface area contributed by atoms with E-state index in [9.17, 15) is 14.9 Å². The zero-order valence-corrected chi connectivity index (χ0v) is 12.7. The van der Waals surface area contributed by atoms with Gasteiger partial charge in [-0.1, -0.05) is 42.5 Å². The Balaban J connectivity index is 1.74. The van der Waals surface area contributed by atoms with Gasteiger partial charge in [-0.25, -0.2) is 0 Å². The van der Waals surface area contributed by atoms with Gasteiger partial charge in [-0.3, -0.25) is 14.9 Å². The van der Waals surface area contributed by atoms with Crippen LogP contribution in [0, 0.1) is 10.1 Å². The maximum absolute atomic E-state index is 12.0. The van der Waals surface area contributed by atoms with E-state index in [-0.39, 0.29) is 11.6 Å². The number of non-ortho nitro benzene ring substituents is 1. The van der Waals surface area contributed by atoms with Crippen LogP contribution in [-0.2, 0) is 4.79 Å². The van der Waals surface area contributed by atoms with E-state index in [0.29, 0.717) is 5.69 Å². The van der Waals surface area contributed by atoms with E-state index < -0.39 is 4.92 Å². The number of carbonyl (C=O) groups is 1. The van der Waals surface area contributed by atoms with Crippen molar-refractivity contribution >= 4 is 34.1 Å². The number of hydrogen-bond acceptors (Lipinski definition) is 3. The standard InChI is InChI=1S/C19H14N2O3/c22-19(20-16-9-11-17(12-10-16)21(23)24)13-8-15-6-3-5-14-4-1-2-7-18(14)15/h1-13H,(H,20,22)/b13-8+. The molecule has 24 heavy (non-hydrogen) atoms. The van der Waals surface area contributed by atoms with Crippen molar-refractivity contribution in [3.05, 3.63) is 88.5 Å². The molecule has 0 spiro atoms. The maximum atomic E-state index is 12.0. The van der Waals surface area contributed by atoms with Gasteiger partial charge in [-0.2, -0.15) is 0 Å². The summed E-state index contributed by atoms with van der Waals surface area (Å²) >= 11 is 0. The van der Waals surface area contributed by atoms with Crippen LogP contribution in [0.2, 0.25) is 0 Å². The third kappa shape index (κ3) is 3.47. The van der Waals surface area contributed by atoms with Gasteiger partial charge < -0.3 is 5.32 Å². The fraction of sp³-hybridized carbons (Fsp3) is 0. The van der Waals surface area contributed by atoms with Crippen LogP contribution >= 0.6 is 0 Å². The van der Waals surface area contributed by atoms with E-state index in [0.717, 1.165) is 16.3 Å². The predicted octanol–water partition coefficient (Wildman–Crippen LogP) is 4.40. The van der Waals surface area contributed by atoms with Crippen LogP contribution in [0.4, 0.5) is 11.4 Å². The number of hydrogen-bond donors (Lipinski definition) is 1. The second kappa shape index (κ2) is 6.75. The highest BCUT2D eigenvalue weighted by atomic mass is 16.6. The first-order valence-corrected chi connectivity index (χ1v) is 7.35. The summed E-state index contributed by atoms with van der Waals surface area (Å²) in [6, 6.07) is 19.6. The monoisotopic (exact) mass is 318 g/mol. The molecule has 0 fully saturated rings. The largest absolute Gasteiger partial charge is 0.323 e. The number of anilines is 1. The van der Waals surface area contributed by atoms with Crippen molar-refractivity contribution in [3.8, 4) is 0 Å². The van der Waals surface area contributed by atoms with E-state index in [1.807, 2.05) is 42.5 Å². The van der Waals surface area contributed by atoms with Crippen molar-refractivity contribution in [1.82, 2.24) is 0 Å². The molecule has 1 amide bonds. The van der Waals surface area contributed by atoms with E-state index in [1.165, 1.54) is 30.3 Å². The molecular formula is C19H14N2O3. The number of carbonyl (C=O) groups excluding carboxylic acids is 1. The minimum atomic E-state index is -0.480. The first-order chi connectivity index (χ1) is 11.6. The highest BCUT2D eigenvalue weighted by Crippen LogP contribution is 2.20. The van der Waals surface area contributed by atoms with Gasteiger partial charge >= 0.3 is 0 Å². The summed E-state index contributed by atoms with van der Waals surface area (Å²) in [5, 5.41) is 15.5. The van der Waals surface area contributed by atoms with Gasteiger partial charge in [0.25, 0.3) is 5.69 Å². The molecular weight excluding hydrogens is 304 g/mol. The van der Waals surface area contributed by atoms with Gasteiger partial charge in [0.1, 0.15) is 0 Å². The molecule has 0 atom stereocenters. The lowest BCUT2D eigenvalue weighted by Crippen LogP contribution is -2.07. The number of nitrogens with zero attached hydrogens (tertiary/aromatic N) is 1. The molecule has 118 valence electrons. The third-order valence-corrected chi connectivity index (χ3v) is 3.58. The summed E-state index contributed by atoms with van der Waals surface area (Å²) in [5.74, 6) is -0.295. The molecule has 0 aliphatic heterocycles. The van der Waals surface area contributed by atoms with Gasteiger partial charge in [0.2, 0.25) is 5.91 Å². The number of amides is 1. The molecule has 0 unspecified atom stereocenters. The van der Waals surface area contributed by atoms with E-state index >= 15 is 0 Å². The number of nitrogens with one attached hydrogen (secondary N) is 1. The Hall–Kier alpha value is -3.47. The Morgan fingerprint density at radius 2 is 1.67 bits per heavy atom. The average molecular weight is 318 g/mol. The molecule has 0 heterocycles. The number of nitro groups is 1. The zero-order chi connectivity index (χ0) is 16.9. The van der Waals surface area contributed by atoms with Crippen molar-refractivity contribution < 1.29 is 9.72 Å². The molecule has 1 N–H and O–H groups in total. The van der Waals surface area contributed by atoms with Crippen LogP contribution in [-0.4, -0.2) is 10.8 Å². The number of benzene rings is 3. The third-order valence-electron chi connectivity index (χ3n) is 3.58. The highest BCUT2D eigenvalue weighted by molar-refractivity contribution is 6.03. The molecule has 0 aliphatic carbocycles. The Morgan fingerprint density at radius 3 is 2.42 bits per heavy atom. The van der Waals surface area contributed by atoms with Gasteiger partial charge in [-0.05, 0) is 34.5 Å². The van der Waals surface area contributed by atoms with Crippen LogP contribution in [0.3, 0.4) is 0 Å². The summed E-state index contributed by atoms with van der Waals surface area (Å²) in [6.45, 7) is 0. The predicted molar refractivity (Wildman–Crippen MR) is 94.7 cm³/mol. The van der Waals surface area contributed by atoms with Crippen LogP contribution in [0.25, 0.3) is 16.8 Å². The van der Waals surface area contributed by atoms with Crippen LogP contribution in [0.5, 0.6) is 0 Å². The van der Waals surface area contributed by atoms with Crippen molar-refractivity contribution in [2.75, 3.05) is 5.32 Å². The first-order valence-electron chi connectivity index (χ1n) is 7.35. The quantitative estimate of drug-likeness (QED) is 0.440. The van der Waals surface area contributed by atoms with Crippen molar-refractivity contribution in [1.29, 1.82) is 0 Å². The maximum Gasteiger partial charge on any atom is 0.269 e. The lowest BCUT2D eigenvalue weighted by atomic mass is 10.0. The van der Waals surface area contributed by atoms with Crippen LogP contribution in [0.1, 0.15) is 5.56 Å². The van der Waals surface area contributed by atoms with Crippen molar-refractivity contribution in [2.24, 2.45) is 0 Å². The molecule has 0 bridgehead atoms. The molecule has 3 rings (SSSR count). The minimum absolute atomic E-state index is 0.0145. The van der Waals surface area contributed by atoms with Crippen molar-refractivity contribution in [2.45, 2.75) is 0 Å². The number of nitro benzene ring substituents is 1. The Morgan fingerprint density at radius 1 is 0.958 bits per heavy atom. The molecule has 0 saturated carbocycles. The minimum Gasteiger partial charge on any atom is -0.323 e. The molecule has 0 aliphatic rings. The fourth-order valence-corrected chi connectivity index (χ4v) is 2.41. The van der Waals surface area contributed by atoms with Gasteiger partial charge in [0.05, 0.1) is 4.92 Å². The van der Waals surface area contributed by atoms with Gasteiger partial charge in [0, 0.05) is 23.9 Å². The highest BCUT2D eigenvalue weighted by Gasteiger charge is 2.05. The molecule has 0 radical (unpaired) electrons. The fourth-order valence-electron chi connectivity index (χ4n) is 2.41. The SMILES string of the molecule is O=C(/C=C/c1cccc2ccccc12)Nc1ccc([N+](=O)[O-])cc1. The average Bonchev–Trinajstić information content (AvgIpc) is 2.60. The summed E-state index contributed by atoms with van der Waals surface area (Å²) < 4.78 is 0. The van der Waals surface area contributed by atoms with Crippen LogP contribution in [0.15, 0.2) is 72.8 Å². The Labute approximate surface area is 138 Å². The number of fused-ring (bicyclic) bond motifs is 1. The smallest absolute Gasteiger partial charge is 0.269 e. The Bertz CT molecular complexity index is 926. The lowest BCUT2D eigenvalue weighted by molar-refractivity contribution is -0.384. The molecule has 5 heteroatoms. The zero-order valence-electron chi connectivity index (χ0n) is 12.7.